The second-order valence-corrected chi connectivity index (χ2v) is 6.58. The minimum absolute atomic E-state index is 0.142. The van der Waals surface area contributed by atoms with E-state index >= 15 is 0 Å². The molecule has 132 valence electrons. The molecule has 0 saturated heterocycles. The number of nitrogens with one attached hydrogen (secondary N) is 1. The number of benzene rings is 3. The topological polar surface area (TPSA) is 38.3 Å². The summed E-state index contributed by atoms with van der Waals surface area (Å²) in [7, 11) is 0. The maximum Gasteiger partial charge on any atom is 0.255 e. The fraction of sp³-hybridized carbons (Fsp3) is 0.136. The van der Waals surface area contributed by atoms with E-state index in [4.69, 9.17) is 16.3 Å². The van der Waals surface area contributed by atoms with Crippen molar-refractivity contribution in [1.29, 1.82) is 0 Å². The Hall–Kier alpha value is -2.78. The fourth-order valence-corrected chi connectivity index (χ4v) is 2.73. The molecule has 1 N–H and O–H groups in total. The normalized spacial score (nSPS) is 10.4. The van der Waals surface area contributed by atoms with Gasteiger partial charge in [-0.25, -0.2) is 0 Å². The van der Waals surface area contributed by atoms with Crippen LogP contribution in [0, 0.1) is 13.8 Å². The molecule has 0 aliphatic carbocycles. The molecule has 0 unspecified atom stereocenters. The zero-order valence-corrected chi connectivity index (χ0v) is 15.5. The number of amides is 1. The molecule has 0 aliphatic rings. The van der Waals surface area contributed by atoms with Crippen LogP contribution in [0.4, 0.5) is 5.69 Å². The Kier molecular flexibility index (Phi) is 5.59. The number of carbonyl (C=O) groups excluding carboxylic acids is 1. The van der Waals surface area contributed by atoms with Gasteiger partial charge in [0.15, 0.2) is 0 Å². The minimum atomic E-state index is -0.142. The smallest absolute Gasteiger partial charge is 0.255 e. The molecule has 0 heterocycles. The van der Waals surface area contributed by atoms with E-state index in [9.17, 15) is 4.79 Å². The Balaban J connectivity index is 1.64. The first-order valence-electron chi connectivity index (χ1n) is 8.38. The third-order valence-corrected chi connectivity index (χ3v) is 4.48. The number of aryl methyl sites for hydroxylation is 2. The van der Waals surface area contributed by atoms with Gasteiger partial charge in [-0.15, -0.1) is 0 Å². The summed E-state index contributed by atoms with van der Waals surface area (Å²) in [6.45, 7) is 4.36. The van der Waals surface area contributed by atoms with Crippen LogP contribution in [0.15, 0.2) is 66.7 Å². The largest absolute Gasteiger partial charge is 0.489 e. The van der Waals surface area contributed by atoms with Gasteiger partial charge in [-0.3, -0.25) is 4.79 Å². The highest BCUT2D eigenvalue weighted by Gasteiger charge is 2.08. The summed E-state index contributed by atoms with van der Waals surface area (Å²) in [4.78, 5) is 12.4. The molecule has 3 aromatic carbocycles. The molecule has 0 spiro atoms. The Morgan fingerprint density at radius 3 is 2.46 bits per heavy atom. The molecule has 0 bridgehead atoms. The average Bonchev–Trinajstić information content (AvgIpc) is 2.64. The van der Waals surface area contributed by atoms with Gasteiger partial charge in [-0.2, -0.15) is 0 Å². The van der Waals surface area contributed by atoms with Gasteiger partial charge < -0.3 is 10.1 Å². The molecule has 0 fully saturated rings. The van der Waals surface area contributed by atoms with Crippen LogP contribution in [0.2, 0.25) is 5.02 Å². The van der Waals surface area contributed by atoms with Crippen molar-refractivity contribution >= 4 is 23.2 Å². The predicted octanol–water partition coefficient (Wildman–Crippen LogP) is 5.79. The summed E-state index contributed by atoms with van der Waals surface area (Å²) in [5.41, 5.74) is 4.47. The van der Waals surface area contributed by atoms with Crippen LogP contribution >= 0.6 is 11.6 Å². The number of rotatable bonds is 5. The van der Waals surface area contributed by atoms with Crippen LogP contribution in [0.3, 0.4) is 0 Å². The monoisotopic (exact) mass is 365 g/mol. The Morgan fingerprint density at radius 2 is 1.73 bits per heavy atom. The lowest BCUT2D eigenvalue weighted by molar-refractivity contribution is 0.102. The van der Waals surface area contributed by atoms with E-state index < -0.39 is 0 Å². The Morgan fingerprint density at radius 1 is 1.00 bits per heavy atom. The highest BCUT2D eigenvalue weighted by Crippen LogP contribution is 2.20. The van der Waals surface area contributed by atoms with Crippen molar-refractivity contribution in [3.8, 4) is 5.75 Å². The van der Waals surface area contributed by atoms with Gasteiger partial charge >= 0.3 is 0 Å². The average molecular weight is 366 g/mol. The highest BCUT2D eigenvalue weighted by atomic mass is 35.5. The second-order valence-electron chi connectivity index (χ2n) is 6.18. The first-order valence-corrected chi connectivity index (χ1v) is 8.75. The first kappa shape index (κ1) is 18.0. The fourth-order valence-electron chi connectivity index (χ4n) is 2.54. The van der Waals surface area contributed by atoms with Crippen LogP contribution in [-0.2, 0) is 6.61 Å². The number of hydrogen-bond acceptors (Lipinski definition) is 2. The summed E-state index contributed by atoms with van der Waals surface area (Å²) in [6.07, 6.45) is 0. The van der Waals surface area contributed by atoms with Gasteiger partial charge in [0.05, 0.1) is 0 Å². The molecule has 1 amide bonds. The van der Waals surface area contributed by atoms with Crippen LogP contribution in [0.25, 0.3) is 0 Å². The number of halogens is 1. The van der Waals surface area contributed by atoms with Gasteiger partial charge in [0.25, 0.3) is 5.91 Å². The van der Waals surface area contributed by atoms with Crippen LogP contribution in [-0.4, -0.2) is 5.91 Å². The maximum atomic E-state index is 12.4. The van der Waals surface area contributed by atoms with Crippen molar-refractivity contribution in [2.45, 2.75) is 20.5 Å². The number of anilines is 1. The van der Waals surface area contributed by atoms with E-state index in [1.165, 1.54) is 0 Å². The SMILES string of the molecule is Cc1ccc(C)c(NC(=O)c2ccc(OCc3ccccc3Cl)cc2)c1. The molecular weight excluding hydrogens is 346 g/mol. The molecule has 4 heteroatoms. The van der Waals surface area contributed by atoms with Crippen molar-refractivity contribution in [1.82, 2.24) is 0 Å². The summed E-state index contributed by atoms with van der Waals surface area (Å²) in [5, 5.41) is 3.63. The van der Waals surface area contributed by atoms with Crippen molar-refractivity contribution in [3.63, 3.8) is 0 Å². The predicted molar refractivity (Wildman–Crippen MR) is 106 cm³/mol. The molecule has 26 heavy (non-hydrogen) atoms. The maximum absolute atomic E-state index is 12.4. The van der Waals surface area contributed by atoms with Crippen LogP contribution < -0.4 is 10.1 Å². The second kappa shape index (κ2) is 8.07. The van der Waals surface area contributed by atoms with E-state index in [1.54, 1.807) is 24.3 Å². The van der Waals surface area contributed by atoms with Crippen LogP contribution in [0.5, 0.6) is 5.75 Å². The summed E-state index contributed by atoms with van der Waals surface area (Å²) < 4.78 is 5.74. The van der Waals surface area contributed by atoms with Crippen molar-refractivity contribution < 1.29 is 9.53 Å². The summed E-state index contributed by atoms with van der Waals surface area (Å²) >= 11 is 6.13. The Labute approximate surface area is 158 Å². The van der Waals surface area contributed by atoms with Crippen molar-refractivity contribution in [3.05, 3.63) is 94.0 Å². The first-order chi connectivity index (χ1) is 12.5. The standard InChI is InChI=1S/C22H20ClNO2/c1-15-7-8-16(2)21(13-15)24-22(25)17-9-11-19(12-10-17)26-14-18-5-3-4-6-20(18)23/h3-13H,14H2,1-2H3,(H,24,25). The van der Waals surface area contributed by atoms with E-state index in [-0.39, 0.29) is 5.91 Å². The molecule has 0 aliphatic heterocycles. The zero-order valence-electron chi connectivity index (χ0n) is 14.8. The van der Waals surface area contributed by atoms with E-state index in [0.717, 1.165) is 22.4 Å². The van der Waals surface area contributed by atoms with E-state index in [0.29, 0.717) is 22.9 Å². The lowest BCUT2D eigenvalue weighted by Gasteiger charge is -2.11. The lowest BCUT2D eigenvalue weighted by atomic mass is 10.1. The number of carbonyl (C=O) groups is 1. The third-order valence-electron chi connectivity index (χ3n) is 4.11. The zero-order chi connectivity index (χ0) is 18.5. The molecule has 0 saturated carbocycles. The molecule has 3 aromatic rings. The molecule has 0 aromatic heterocycles. The van der Waals surface area contributed by atoms with Crippen molar-refractivity contribution in [2.75, 3.05) is 5.32 Å². The highest BCUT2D eigenvalue weighted by molar-refractivity contribution is 6.31. The molecular formula is C22H20ClNO2. The lowest BCUT2D eigenvalue weighted by Crippen LogP contribution is -2.12. The summed E-state index contributed by atoms with van der Waals surface area (Å²) in [6, 6.07) is 20.6. The third kappa shape index (κ3) is 4.44. The van der Waals surface area contributed by atoms with Gasteiger partial charge in [0.1, 0.15) is 12.4 Å². The van der Waals surface area contributed by atoms with Gasteiger partial charge in [0, 0.05) is 21.8 Å². The molecule has 0 atom stereocenters. The van der Waals surface area contributed by atoms with Gasteiger partial charge in [-0.1, -0.05) is 41.9 Å². The quantitative estimate of drug-likeness (QED) is 0.621. The van der Waals surface area contributed by atoms with Gasteiger partial charge in [-0.05, 0) is 61.4 Å². The molecule has 3 nitrogen and oxygen atoms in total. The van der Waals surface area contributed by atoms with E-state index in [1.807, 2.05) is 56.3 Å². The number of ether oxygens (including phenoxy) is 1. The minimum Gasteiger partial charge on any atom is -0.489 e. The van der Waals surface area contributed by atoms with Crippen molar-refractivity contribution in [2.24, 2.45) is 0 Å². The summed E-state index contributed by atoms with van der Waals surface area (Å²) in [5.74, 6) is 0.546. The van der Waals surface area contributed by atoms with Crippen LogP contribution in [0.1, 0.15) is 27.0 Å². The molecule has 3 rings (SSSR count). The molecule has 0 radical (unpaired) electrons. The van der Waals surface area contributed by atoms with Gasteiger partial charge in [0.2, 0.25) is 0 Å². The van der Waals surface area contributed by atoms with E-state index in [2.05, 4.69) is 5.32 Å². The Bertz CT molecular complexity index is 920. The number of hydrogen-bond donors (Lipinski definition) is 1.